The third-order valence-electron chi connectivity index (χ3n) is 4.24. The fourth-order valence-electron chi connectivity index (χ4n) is 3.00. The van der Waals surface area contributed by atoms with E-state index < -0.39 is 21.2 Å². The van der Waals surface area contributed by atoms with E-state index in [1.807, 2.05) is 0 Å². The van der Waals surface area contributed by atoms with E-state index in [0.29, 0.717) is 25.0 Å². The molecule has 7 heteroatoms. The van der Waals surface area contributed by atoms with E-state index in [9.17, 15) is 13.2 Å². The molecule has 0 aromatic carbocycles. The summed E-state index contributed by atoms with van der Waals surface area (Å²) in [6.07, 6.45) is 4.06. The second-order valence-corrected chi connectivity index (χ2v) is 7.74. The Morgan fingerprint density at radius 1 is 1.37 bits per heavy atom. The van der Waals surface area contributed by atoms with Crippen LogP contribution in [0.2, 0.25) is 0 Å². The van der Waals surface area contributed by atoms with Crippen molar-refractivity contribution in [3.63, 3.8) is 0 Å². The number of rotatable bonds is 4. The van der Waals surface area contributed by atoms with Gasteiger partial charge in [0.2, 0.25) is 10.0 Å². The first-order chi connectivity index (χ1) is 8.93. The van der Waals surface area contributed by atoms with Crippen LogP contribution in [-0.4, -0.2) is 54.7 Å². The molecule has 3 atom stereocenters. The van der Waals surface area contributed by atoms with Crippen LogP contribution in [0.1, 0.15) is 32.6 Å². The molecule has 2 rings (SSSR count). The maximum atomic E-state index is 12.2. The first-order valence-electron chi connectivity index (χ1n) is 6.88. The Morgan fingerprint density at radius 2 is 2.11 bits per heavy atom. The predicted molar refractivity (Wildman–Crippen MR) is 71.3 cm³/mol. The molecule has 2 heterocycles. The minimum atomic E-state index is -3.72. The zero-order valence-electron chi connectivity index (χ0n) is 11.2. The smallest absolute Gasteiger partial charge is 0.323 e. The highest BCUT2D eigenvalue weighted by atomic mass is 32.2. The number of hydrogen-bond acceptors (Lipinski definition) is 4. The Balaban J connectivity index is 2.06. The van der Waals surface area contributed by atoms with E-state index in [1.165, 1.54) is 11.2 Å². The number of hydrogen-bond donors (Lipinski definition) is 2. The molecule has 2 aliphatic rings. The van der Waals surface area contributed by atoms with Crippen molar-refractivity contribution < 1.29 is 18.3 Å². The van der Waals surface area contributed by atoms with Gasteiger partial charge in [0.1, 0.15) is 0 Å². The first kappa shape index (κ1) is 14.7. The van der Waals surface area contributed by atoms with Crippen LogP contribution in [0.4, 0.5) is 0 Å². The number of carboxylic acids is 1. The van der Waals surface area contributed by atoms with Gasteiger partial charge in [0, 0.05) is 19.1 Å². The van der Waals surface area contributed by atoms with Gasteiger partial charge < -0.3 is 10.4 Å². The van der Waals surface area contributed by atoms with E-state index in [4.69, 9.17) is 5.11 Å². The van der Waals surface area contributed by atoms with Crippen molar-refractivity contribution in [3.05, 3.63) is 0 Å². The molecule has 0 aromatic heterocycles. The molecule has 0 aromatic rings. The van der Waals surface area contributed by atoms with Crippen LogP contribution >= 0.6 is 0 Å². The maximum Gasteiger partial charge on any atom is 0.323 e. The van der Waals surface area contributed by atoms with E-state index >= 15 is 0 Å². The van der Waals surface area contributed by atoms with Gasteiger partial charge in [-0.05, 0) is 45.1 Å². The van der Waals surface area contributed by atoms with Gasteiger partial charge in [-0.2, -0.15) is 0 Å². The monoisotopic (exact) mass is 290 g/mol. The molecular formula is C12H22N2O4S. The Morgan fingerprint density at radius 3 is 2.68 bits per heavy atom. The molecule has 0 radical (unpaired) electrons. The summed E-state index contributed by atoms with van der Waals surface area (Å²) in [6, 6.07) is 0.387. The first-order valence-corrected chi connectivity index (χ1v) is 8.38. The summed E-state index contributed by atoms with van der Waals surface area (Å²) in [7, 11) is -3.72. The Labute approximate surface area is 114 Å². The van der Waals surface area contributed by atoms with Crippen molar-refractivity contribution in [1.29, 1.82) is 0 Å². The highest BCUT2D eigenvalue weighted by molar-refractivity contribution is 7.90. The molecular weight excluding hydrogens is 268 g/mol. The molecule has 0 bridgehead atoms. The van der Waals surface area contributed by atoms with Crippen molar-refractivity contribution in [2.75, 3.05) is 19.6 Å². The van der Waals surface area contributed by atoms with Gasteiger partial charge >= 0.3 is 5.97 Å². The number of carboxylic acid groups (broad SMARTS) is 1. The van der Waals surface area contributed by atoms with Gasteiger partial charge in [-0.1, -0.05) is 0 Å². The molecule has 2 saturated heterocycles. The number of nitrogens with one attached hydrogen (secondary N) is 1. The molecule has 6 nitrogen and oxygen atoms in total. The lowest BCUT2D eigenvalue weighted by Gasteiger charge is -2.35. The Kier molecular flexibility index (Phi) is 4.47. The zero-order chi connectivity index (χ0) is 14.0. The van der Waals surface area contributed by atoms with Crippen molar-refractivity contribution in [1.82, 2.24) is 9.62 Å². The van der Waals surface area contributed by atoms with Gasteiger partial charge in [-0.3, -0.25) is 4.79 Å². The summed E-state index contributed by atoms with van der Waals surface area (Å²) in [5.74, 6) is -0.965. The molecule has 110 valence electrons. The second kappa shape index (κ2) is 5.76. The molecule has 0 aliphatic carbocycles. The van der Waals surface area contributed by atoms with Crippen LogP contribution in [0.25, 0.3) is 0 Å². The van der Waals surface area contributed by atoms with Crippen molar-refractivity contribution in [2.24, 2.45) is 5.92 Å². The van der Waals surface area contributed by atoms with Crippen LogP contribution in [0.5, 0.6) is 0 Å². The fourth-order valence-corrected chi connectivity index (χ4v) is 4.48. The highest BCUT2D eigenvalue weighted by Crippen LogP contribution is 2.27. The maximum absolute atomic E-state index is 12.2. The van der Waals surface area contributed by atoms with Crippen molar-refractivity contribution in [2.45, 2.75) is 43.9 Å². The molecule has 19 heavy (non-hydrogen) atoms. The molecule has 3 unspecified atom stereocenters. The predicted octanol–water partition coefficient (Wildman–Crippen LogP) is 0.253. The van der Waals surface area contributed by atoms with Crippen molar-refractivity contribution >= 4 is 16.0 Å². The summed E-state index contributed by atoms with van der Waals surface area (Å²) in [5.41, 5.74) is 0. The summed E-state index contributed by atoms with van der Waals surface area (Å²) >= 11 is 0. The molecule has 0 spiro atoms. The van der Waals surface area contributed by atoms with Crippen LogP contribution in [-0.2, 0) is 14.8 Å². The number of sulfonamides is 1. The lowest BCUT2D eigenvalue weighted by molar-refractivity contribution is -0.136. The van der Waals surface area contributed by atoms with Crippen molar-refractivity contribution in [3.8, 4) is 0 Å². The van der Waals surface area contributed by atoms with Crippen LogP contribution < -0.4 is 5.32 Å². The van der Waals surface area contributed by atoms with Gasteiger partial charge in [0.05, 0.1) is 0 Å². The van der Waals surface area contributed by atoms with Gasteiger partial charge in [0.25, 0.3) is 0 Å². The number of carbonyl (C=O) groups is 1. The lowest BCUT2D eigenvalue weighted by Crippen LogP contribution is -2.49. The van der Waals surface area contributed by atoms with Crippen LogP contribution in [0.3, 0.4) is 0 Å². The third-order valence-corrected chi connectivity index (χ3v) is 6.39. The van der Waals surface area contributed by atoms with E-state index in [1.54, 1.807) is 0 Å². The lowest BCUT2D eigenvalue weighted by atomic mass is 9.91. The zero-order valence-corrected chi connectivity index (χ0v) is 12.0. The quantitative estimate of drug-likeness (QED) is 0.775. The van der Waals surface area contributed by atoms with E-state index in [0.717, 1.165) is 32.2 Å². The minimum Gasteiger partial charge on any atom is -0.480 e. The summed E-state index contributed by atoms with van der Waals surface area (Å²) < 4.78 is 25.8. The summed E-state index contributed by atoms with van der Waals surface area (Å²) in [5, 5.41) is 11.0. The standard InChI is InChI=1S/C12H22N2O4S/c1-9(12(15)16)19(17,18)14-7-3-4-10(8-14)11-5-2-6-13-11/h9-11,13H,2-8H2,1H3,(H,15,16). The number of aliphatic carboxylic acids is 1. The molecule has 0 amide bonds. The van der Waals surface area contributed by atoms with E-state index in [2.05, 4.69) is 5.32 Å². The molecule has 2 aliphatic heterocycles. The molecule has 0 saturated carbocycles. The Bertz CT molecular complexity index is 431. The van der Waals surface area contributed by atoms with Gasteiger partial charge in [-0.15, -0.1) is 0 Å². The van der Waals surface area contributed by atoms with Crippen LogP contribution in [0, 0.1) is 5.92 Å². The Hall–Kier alpha value is -0.660. The second-order valence-electron chi connectivity index (χ2n) is 5.49. The van der Waals surface area contributed by atoms with E-state index in [-0.39, 0.29) is 0 Å². The molecule has 2 N–H and O–H groups in total. The summed E-state index contributed by atoms with van der Waals surface area (Å²) in [6.45, 7) is 3.15. The highest BCUT2D eigenvalue weighted by Gasteiger charge is 2.38. The summed E-state index contributed by atoms with van der Waals surface area (Å²) in [4.78, 5) is 10.9. The number of nitrogens with zero attached hydrogens (tertiary/aromatic N) is 1. The SMILES string of the molecule is CC(C(=O)O)S(=O)(=O)N1CCCC(C2CCCN2)C1. The largest absolute Gasteiger partial charge is 0.480 e. The molecule has 2 fully saturated rings. The average Bonchev–Trinajstić information content (AvgIpc) is 2.91. The minimum absolute atomic E-state index is 0.312. The normalized spacial score (nSPS) is 31.2. The fraction of sp³-hybridized carbons (Fsp3) is 0.917. The average molecular weight is 290 g/mol. The topological polar surface area (TPSA) is 86.7 Å². The van der Waals surface area contributed by atoms with Gasteiger partial charge in [-0.25, -0.2) is 12.7 Å². The van der Waals surface area contributed by atoms with Gasteiger partial charge in [0.15, 0.2) is 5.25 Å². The number of piperidine rings is 1. The third kappa shape index (κ3) is 3.09. The van der Waals surface area contributed by atoms with Crippen LogP contribution in [0.15, 0.2) is 0 Å².